The Balaban J connectivity index is 2.58. The minimum absolute atomic E-state index is 0.00583. The van der Waals surface area contributed by atoms with Gasteiger partial charge in [0.25, 0.3) is 0 Å². The topological polar surface area (TPSA) is 87.1 Å². The number of β-amino-alcohol motifs (C(OH)–C–C–N with tert-alkyl or cyclic N) is 1. The number of hydrogen-bond acceptors (Lipinski definition) is 4. The molecule has 16 heavy (non-hydrogen) atoms. The molecule has 1 amide bonds. The van der Waals surface area contributed by atoms with Crippen molar-refractivity contribution in [2.75, 3.05) is 13.1 Å². The zero-order valence-electron chi connectivity index (χ0n) is 9.64. The van der Waals surface area contributed by atoms with Crippen molar-refractivity contribution in [3.8, 4) is 0 Å². The number of likely N-dealkylation sites (tertiary alicyclic amines) is 1. The molecule has 0 aromatic rings. The molecule has 0 spiro atoms. The molecule has 0 bridgehead atoms. The molecule has 0 radical (unpaired) electrons. The molecule has 1 aliphatic rings. The van der Waals surface area contributed by atoms with Gasteiger partial charge in [0.1, 0.15) is 11.5 Å². The van der Waals surface area contributed by atoms with Crippen LogP contribution in [0.3, 0.4) is 0 Å². The van der Waals surface area contributed by atoms with Crippen molar-refractivity contribution in [2.45, 2.75) is 32.5 Å². The van der Waals surface area contributed by atoms with Crippen molar-refractivity contribution in [3.05, 3.63) is 0 Å². The summed E-state index contributed by atoms with van der Waals surface area (Å²) < 4.78 is 5.08. The van der Waals surface area contributed by atoms with Gasteiger partial charge in [-0.15, -0.1) is 0 Å². The highest BCUT2D eigenvalue weighted by Gasteiger charge is 2.40. The fourth-order valence-corrected chi connectivity index (χ4v) is 1.50. The van der Waals surface area contributed by atoms with Gasteiger partial charge in [0.05, 0.1) is 12.6 Å². The lowest BCUT2D eigenvalue weighted by Crippen LogP contribution is -2.36. The van der Waals surface area contributed by atoms with Gasteiger partial charge in [-0.2, -0.15) is 0 Å². The molecule has 92 valence electrons. The molecular formula is C10H17NO5. The number of nitrogens with zero attached hydrogens (tertiary/aromatic N) is 1. The van der Waals surface area contributed by atoms with Crippen LogP contribution in [-0.4, -0.2) is 52.0 Å². The van der Waals surface area contributed by atoms with E-state index < -0.39 is 29.7 Å². The number of carboxylic acids is 1. The van der Waals surface area contributed by atoms with Crippen molar-refractivity contribution < 1.29 is 24.5 Å². The van der Waals surface area contributed by atoms with E-state index in [1.54, 1.807) is 20.8 Å². The number of aliphatic hydroxyl groups is 1. The monoisotopic (exact) mass is 231 g/mol. The van der Waals surface area contributed by atoms with Crippen LogP contribution in [0.2, 0.25) is 0 Å². The van der Waals surface area contributed by atoms with Crippen LogP contribution >= 0.6 is 0 Å². The number of amides is 1. The van der Waals surface area contributed by atoms with Gasteiger partial charge < -0.3 is 19.8 Å². The summed E-state index contributed by atoms with van der Waals surface area (Å²) >= 11 is 0. The number of aliphatic carboxylic acids is 1. The molecular weight excluding hydrogens is 214 g/mol. The number of hydrogen-bond donors (Lipinski definition) is 2. The fourth-order valence-electron chi connectivity index (χ4n) is 1.50. The van der Waals surface area contributed by atoms with E-state index in [0.29, 0.717) is 0 Å². The Morgan fingerprint density at radius 3 is 2.25 bits per heavy atom. The lowest BCUT2D eigenvalue weighted by Gasteiger charge is -2.24. The van der Waals surface area contributed by atoms with Crippen molar-refractivity contribution in [2.24, 2.45) is 5.92 Å². The first-order valence-corrected chi connectivity index (χ1v) is 5.09. The smallest absolute Gasteiger partial charge is 0.410 e. The van der Waals surface area contributed by atoms with Crippen LogP contribution in [0.15, 0.2) is 0 Å². The number of carbonyl (C=O) groups excluding carboxylic acids is 1. The van der Waals surface area contributed by atoms with Crippen LogP contribution < -0.4 is 0 Å². The van der Waals surface area contributed by atoms with Gasteiger partial charge in [0, 0.05) is 6.54 Å². The molecule has 1 heterocycles. The van der Waals surface area contributed by atoms with Gasteiger partial charge in [-0.3, -0.25) is 4.79 Å². The summed E-state index contributed by atoms with van der Waals surface area (Å²) in [6, 6.07) is 0. The largest absolute Gasteiger partial charge is 0.481 e. The summed E-state index contributed by atoms with van der Waals surface area (Å²) in [5.74, 6) is -2.02. The van der Waals surface area contributed by atoms with Crippen LogP contribution in [0, 0.1) is 5.92 Å². The number of carbonyl (C=O) groups is 2. The Morgan fingerprint density at radius 2 is 1.88 bits per heavy atom. The second-order valence-electron chi connectivity index (χ2n) is 4.90. The van der Waals surface area contributed by atoms with E-state index in [4.69, 9.17) is 9.84 Å². The first-order chi connectivity index (χ1) is 7.20. The molecule has 1 saturated heterocycles. The molecule has 2 atom stereocenters. The van der Waals surface area contributed by atoms with Crippen LogP contribution in [0.4, 0.5) is 4.79 Å². The molecule has 0 saturated carbocycles. The van der Waals surface area contributed by atoms with Crippen LogP contribution in [-0.2, 0) is 9.53 Å². The predicted octanol–water partition coefficient (Wildman–Crippen LogP) is 0.299. The zero-order valence-corrected chi connectivity index (χ0v) is 9.64. The molecule has 0 aromatic carbocycles. The van der Waals surface area contributed by atoms with Gasteiger partial charge >= 0.3 is 12.1 Å². The van der Waals surface area contributed by atoms with E-state index in [9.17, 15) is 14.7 Å². The lowest BCUT2D eigenvalue weighted by molar-refractivity contribution is -0.143. The molecule has 0 aliphatic carbocycles. The molecule has 0 unspecified atom stereocenters. The highest BCUT2D eigenvalue weighted by Crippen LogP contribution is 2.20. The highest BCUT2D eigenvalue weighted by atomic mass is 16.6. The van der Waals surface area contributed by atoms with Gasteiger partial charge in [0.2, 0.25) is 0 Å². The maximum absolute atomic E-state index is 11.6. The number of rotatable bonds is 1. The Bertz CT molecular complexity index is 296. The molecule has 1 rings (SSSR count). The summed E-state index contributed by atoms with van der Waals surface area (Å²) in [5.41, 5.74) is -0.622. The van der Waals surface area contributed by atoms with E-state index in [1.807, 2.05) is 0 Å². The van der Waals surface area contributed by atoms with E-state index in [1.165, 1.54) is 4.90 Å². The van der Waals surface area contributed by atoms with E-state index in [2.05, 4.69) is 0 Å². The first-order valence-electron chi connectivity index (χ1n) is 5.09. The summed E-state index contributed by atoms with van der Waals surface area (Å²) in [4.78, 5) is 23.5. The molecule has 1 aliphatic heterocycles. The summed E-state index contributed by atoms with van der Waals surface area (Å²) in [6.45, 7) is 5.18. The average molecular weight is 231 g/mol. The zero-order chi connectivity index (χ0) is 12.5. The lowest BCUT2D eigenvalue weighted by atomic mass is 10.1. The predicted molar refractivity (Wildman–Crippen MR) is 54.9 cm³/mol. The van der Waals surface area contributed by atoms with E-state index in [0.717, 1.165) is 0 Å². The third kappa shape index (κ3) is 3.10. The SMILES string of the molecule is CC(C)(C)OC(=O)N1C[C@@H](O)[C@H](C(=O)O)C1. The van der Waals surface area contributed by atoms with E-state index >= 15 is 0 Å². The minimum atomic E-state index is -1.10. The average Bonchev–Trinajstić information content (AvgIpc) is 2.44. The second kappa shape index (κ2) is 4.29. The maximum Gasteiger partial charge on any atom is 0.410 e. The van der Waals surface area contributed by atoms with Gasteiger partial charge in [0.15, 0.2) is 0 Å². The Morgan fingerprint density at radius 1 is 1.31 bits per heavy atom. The summed E-state index contributed by atoms with van der Waals surface area (Å²) in [6.07, 6.45) is -1.61. The summed E-state index contributed by atoms with van der Waals surface area (Å²) in [7, 11) is 0. The Labute approximate surface area is 93.8 Å². The third-order valence-electron chi connectivity index (χ3n) is 2.26. The number of aliphatic hydroxyl groups excluding tert-OH is 1. The Kier molecular flexibility index (Phi) is 3.42. The standard InChI is InChI=1S/C10H17NO5/c1-10(2,3)16-9(15)11-4-6(8(13)14)7(12)5-11/h6-7,12H,4-5H2,1-3H3,(H,13,14)/t6-,7-/m1/s1. The fraction of sp³-hybridized carbons (Fsp3) is 0.800. The van der Waals surface area contributed by atoms with Crippen molar-refractivity contribution >= 4 is 12.1 Å². The minimum Gasteiger partial charge on any atom is -0.481 e. The van der Waals surface area contributed by atoms with Crippen molar-refractivity contribution in [1.82, 2.24) is 4.90 Å². The summed E-state index contributed by atoms with van der Waals surface area (Å²) in [5, 5.41) is 18.2. The van der Waals surface area contributed by atoms with Crippen LogP contribution in [0.5, 0.6) is 0 Å². The van der Waals surface area contributed by atoms with Crippen LogP contribution in [0.1, 0.15) is 20.8 Å². The molecule has 6 nitrogen and oxygen atoms in total. The molecule has 0 aromatic heterocycles. The van der Waals surface area contributed by atoms with Gasteiger partial charge in [-0.05, 0) is 20.8 Å². The number of ether oxygens (including phenoxy) is 1. The maximum atomic E-state index is 11.6. The molecule has 6 heteroatoms. The third-order valence-corrected chi connectivity index (χ3v) is 2.26. The quantitative estimate of drug-likeness (QED) is 0.677. The van der Waals surface area contributed by atoms with Gasteiger partial charge in [-0.1, -0.05) is 0 Å². The molecule has 2 N–H and O–H groups in total. The van der Waals surface area contributed by atoms with Crippen LogP contribution in [0.25, 0.3) is 0 Å². The normalized spacial score (nSPS) is 25.6. The van der Waals surface area contributed by atoms with E-state index in [-0.39, 0.29) is 13.1 Å². The highest BCUT2D eigenvalue weighted by molar-refractivity contribution is 5.75. The number of carboxylic acid groups (broad SMARTS) is 1. The van der Waals surface area contributed by atoms with Gasteiger partial charge in [-0.25, -0.2) is 4.79 Å². The second-order valence-corrected chi connectivity index (χ2v) is 4.90. The first kappa shape index (κ1) is 12.8. The van der Waals surface area contributed by atoms with Crippen molar-refractivity contribution in [1.29, 1.82) is 0 Å². The molecule has 1 fully saturated rings. The van der Waals surface area contributed by atoms with Crippen molar-refractivity contribution in [3.63, 3.8) is 0 Å². The Hall–Kier alpha value is -1.30.